The average molecular weight is 235 g/mol. The van der Waals surface area contributed by atoms with E-state index in [4.69, 9.17) is 4.74 Å². The lowest BCUT2D eigenvalue weighted by atomic mass is 10.1. The zero-order valence-electron chi connectivity index (χ0n) is 10.4. The van der Waals surface area contributed by atoms with Crippen LogP contribution in [-0.2, 0) is 0 Å². The van der Waals surface area contributed by atoms with Crippen LogP contribution in [0.25, 0.3) is 0 Å². The van der Waals surface area contributed by atoms with Gasteiger partial charge in [-0.2, -0.15) is 0 Å². The van der Waals surface area contributed by atoms with Crippen LogP contribution in [0.3, 0.4) is 0 Å². The molecule has 1 heterocycles. The summed E-state index contributed by atoms with van der Waals surface area (Å²) in [6, 6.07) is 9.74. The van der Waals surface area contributed by atoms with Crippen molar-refractivity contribution in [2.75, 3.05) is 13.1 Å². The normalized spacial score (nSPS) is 25.8. The third-order valence-corrected chi connectivity index (χ3v) is 3.18. The van der Waals surface area contributed by atoms with Crippen molar-refractivity contribution in [1.82, 2.24) is 4.90 Å². The quantitative estimate of drug-likeness (QED) is 0.869. The number of ether oxygens (including phenoxy) is 1. The molecular formula is C14H21NO2. The second kappa shape index (κ2) is 6.03. The Morgan fingerprint density at radius 3 is 2.82 bits per heavy atom. The van der Waals surface area contributed by atoms with Gasteiger partial charge in [0, 0.05) is 13.1 Å². The van der Waals surface area contributed by atoms with Gasteiger partial charge in [0.05, 0.1) is 0 Å². The van der Waals surface area contributed by atoms with Crippen LogP contribution < -0.4 is 4.74 Å². The zero-order valence-corrected chi connectivity index (χ0v) is 10.4. The number of benzene rings is 1. The lowest BCUT2D eigenvalue weighted by molar-refractivity contribution is -0.0965. The molecule has 0 bridgehead atoms. The Labute approximate surface area is 103 Å². The van der Waals surface area contributed by atoms with Crippen molar-refractivity contribution >= 4 is 0 Å². The zero-order chi connectivity index (χ0) is 12.1. The fraction of sp³-hybridized carbons (Fsp3) is 0.571. The molecule has 0 aromatic heterocycles. The lowest BCUT2D eigenvalue weighted by Crippen LogP contribution is -2.50. The molecule has 2 rings (SSSR count). The Hall–Kier alpha value is -1.06. The van der Waals surface area contributed by atoms with Gasteiger partial charge < -0.3 is 9.84 Å². The van der Waals surface area contributed by atoms with Crippen molar-refractivity contribution in [2.45, 2.75) is 38.5 Å². The van der Waals surface area contributed by atoms with Crippen molar-refractivity contribution in [3.05, 3.63) is 30.3 Å². The topological polar surface area (TPSA) is 32.7 Å². The summed E-state index contributed by atoms with van der Waals surface area (Å²) in [4.78, 5) is 2.11. The van der Waals surface area contributed by atoms with Gasteiger partial charge in [0.1, 0.15) is 18.1 Å². The van der Waals surface area contributed by atoms with E-state index in [0.29, 0.717) is 0 Å². The molecule has 3 nitrogen and oxygen atoms in total. The Kier molecular flexibility index (Phi) is 4.40. The highest BCUT2D eigenvalue weighted by molar-refractivity contribution is 5.21. The molecule has 2 atom stereocenters. The van der Waals surface area contributed by atoms with E-state index in [0.717, 1.165) is 38.1 Å². The van der Waals surface area contributed by atoms with Crippen LogP contribution in [0, 0.1) is 0 Å². The van der Waals surface area contributed by atoms with E-state index in [1.807, 2.05) is 30.3 Å². The van der Waals surface area contributed by atoms with Crippen LogP contribution in [0.5, 0.6) is 5.75 Å². The minimum Gasteiger partial charge on any atom is -0.486 e. The molecule has 1 N–H and O–H groups in total. The van der Waals surface area contributed by atoms with E-state index in [1.54, 1.807) is 0 Å². The van der Waals surface area contributed by atoms with Crippen LogP contribution in [0.2, 0.25) is 0 Å². The number of aliphatic hydroxyl groups is 1. The van der Waals surface area contributed by atoms with Crippen molar-refractivity contribution in [3.8, 4) is 5.75 Å². The maximum atomic E-state index is 10.2. The molecule has 1 saturated heterocycles. The Balaban J connectivity index is 1.96. The summed E-state index contributed by atoms with van der Waals surface area (Å²) in [5.74, 6) is 0.842. The van der Waals surface area contributed by atoms with Crippen LogP contribution in [0.15, 0.2) is 30.3 Å². The number of likely N-dealkylation sites (tertiary alicyclic amines) is 1. The van der Waals surface area contributed by atoms with E-state index in [9.17, 15) is 5.11 Å². The standard InChI is InChI=1S/C14H21NO2/c1-2-10-15-11-6-9-13(14(15)16)17-12-7-4-3-5-8-12/h3-5,7-8,13-14,16H,2,6,9-11H2,1H3. The molecule has 1 fully saturated rings. The van der Waals surface area contributed by atoms with Crippen molar-refractivity contribution in [3.63, 3.8) is 0 Å². The maximum absolute atomic E-state index is 10.2. The van der Waals surface area contributed by atoms with E-state index < -0.39 is 6.23 Å². The SMILES string of the molecule is CCCN1CCCC(Oc2ccccc2)C1O. The summed E-state index contributed by atoms with van der Waals surface area (Å²) in [7, 11) is 0. The summed E-state index contributed by atoms with van der Waals surface area (Å²) in [5.41, 5.74) is 0. The van der Waals surface area contributed by atoms with Gasteiger partial charge in [-0.05, 0) is 31.4 Å². The van der Waals surface area contributed by atoms with E-state index in [2.05, 4.69) is 11.8 Å². The molecule has 0 aliphatic carbocycles. The van der Waals surface area contributed by atoms with Gasteiger partial charge in [-0.1, -0.05) is 25.1 Å². The average Bonchev–Trinajstić information content (AvgIpc) is 2.36. The molecule has 0 radical (unpaired) electrons. The van der Waals surface area contributed by atoms with Crippen LogP contribution in [-0.4, -0.2) is 35.4 Å². The van der Waals surface area contributed by atoms with Gasteiger partial charge in [0.15, 0.2) is 0 Å². The predicted molar refractivity (Wildman–Crippen MR) is 68.0 cm³/mol. The third kappa shape index (κ3) is 3.20. The fourth-order valence-corrected chi connectivity index (χ4v) is 2.34. The van der Waals surface area contributed by atoms with E-state index >= 15 is 0 Å². The predicted octanol–water partition coefficient (Wildman–Crippen LogP) is 2.26. The van der Waals surface area contributed by atoms with Crippen LogP contribution in [0.4, 0.5) is 0 Å². The molecule has 1 aliphatic heterocycles. The molecule has 17 heavy (non-hydrogen) atoms. The molecule has 0 saturated carbocycles. The minimum absolute atomic E-state index is 0.0994. The monoisotopic (exact) mass is 235 g/mol. The third-order valence-electron chi connectivity index (χ3n) is 3.18. The number of piperidine rings is 1. The molecule has 2 unspecified atom stereocenters. The van der Waals surface area contributed by atoms with Crippen molar-refractivity contribution in [1.29, 1.82) is 0 Å². The number of hydrogen-bond donors (Lipinski definition) is 1. The first kappa shape index (κ1) is 12.4. The number of rotatable bonds is 4. The van der Waals surface area contributed by atoms with Crippen molar-refractivity contribution in [2.24, 2.45) is 0 Å². The van der Waals surface area contributed by atoms with Gasteiger partial charge in [0.25, 0.3) is 0 Å². The van der Waals surface area contributed by atoms with Crippen LogP contribution in [0.1, 0.15) is 26.2 Å². The Bertz CT molecular complexity index is 326. The first-order valence-corrected chi connectivity index (χ1v) is 6.45. The summed E-state index contributed by atoms with van der Waals surface area (Å²) >= 11 is 0. The first-order chi connectivity index (χ1) is 8.31. The molecule has 0 amide bonds. The number of hydrogen-bond acceptors (Lipinski definition) is 3. The largest absolute Gasteiger partial charge is 0.486 e. The smallest absolute Gasteiger partial charge is 0.144 e. The fourth-order valence-electron chi connectivity index (χ4n) is 2.34. The molecule has 0 spiro atoms. The summed E-state index contributed by atoms with van der Waals surface area (Å²) in [6.07, 6.45) is 2.52. The Morgan fingerprint density at radius 2 is 2.12 bits per heavy atom. The highest BCUT2D eigenvalue weighted by atomic mass is 16.5. The number of nitrogens with zero attached hydrogens (tertiary/aromatic N) is 1. The minimum atomic E-state index is -0.469. The number of aliphatic hydroxyl groups excluding tert-OH is 1. The number of para-hydroxylation sites is 1. The van der Waals surface area contributed by atoms with Crippen molar-refractivity contribution < 1.29 is 9.84 Å². The molecule has 1 aromatic carbocycles. The summed E-state index contributed by atoms with van der Waals surface area (Å²) < 4.78 is 5.85. The molecule has 1 aromatic rings. The lowest BCUT2D eigenvalue weighted by Gasteiger charge is -2.37. The summed E-state index contributed by atoms with van der Waals surface area (Å²) in [5, 5.41) is 10.2. The van der Waals surface area contributed by atoms with Gasteiger partial charge in [-0.15, -0.1) is 0 Å². The summed E-state index contributed by atoms with van der Waals surface area (Å²) in [6.45, 7) is 4.05. The molecular weight excluding hydrogens is 214 g/mol. The van der Waals surface area contributed by atoms with Gasteiger partial charge >= 0.3 is 0 Å². The maximum Gasteiger partial charge on any atom is 0.144 e. The molecule has 1 aliphatic rings. The van der Waals surface area contributed by atoms with E-state index in [-0.39, 0.29) is 6.10 Å². The molecule has 94 valence electrons. The second-order valence-electron chi connectivity index (χ2n) is 4.56. The highest BCUT2D eigenvalue weighted by Gasteiger charge is 2.30. The highest BCUT2D eigenvalue weighted by Crippen LogP contribution is 2.21. The van der Waals surface area contributed by atoms with Gasteiger partial charge in [-0.3, -0.25) is 4.90 Å². The van der Waals surface area contributed by atoms with E-state index in [1.165, 1.54) is 0 Å². The molecule has 3 heteroatoms. The first-order valence-electron chi connectivity index (χ1n) is 6.45. The Morgan fingerprint density at radius 1 is 1.35 bits per heavy atom. The van der Waals surface area contributed by atoms with Gasteiger partial charge in [0.2, 0.25) is 0 Å². The van der Waals surface area contributed by atoms with Gasteiger partial charge in [-0.25, -0.2) is 0 Å². The van der Waals surface area contributed by atoms with Crippen LogP contribution >= 0.6 is 0 Å². The second-order valence-corrected chi connectivity index (χ2v) is 4.56.